The van der Waals surface area contributed by atoms with Crippen LogP contribution in [0.5, 0.6) is 0 Å². The number of esters is 1. The molecular formula is C19H28NO3+. The first-order valence-electron chi connectivity index (χ1n) is 8.72. The van der Waals surface area contributed by atoms with Crippen molar-refractivity contribution in [3.63, 3.8) is 0 Å². The summed E-state index contributed by atoms with van der Waals surface area (Å²) in [5, 5.41) is 9.31. The number of aliphatic hydroxyl groups excluding tert-OH is 1. The number of hydrogen-bond donors (Lipinski definition) is 1. The molecule has 0 radical (unpaired) electrons. The summed E-state index contributed by atoms with van der Waals surface area (Å²) in [4.78, 5) is 12.7. The van der Waals surface area contributed by atoms with Crippen molar-refractivity contribution in [2.75, 3.05) is 20.7 Å². The van der Waals surface area contributed by atoms with Crippen LogP contribution in [0.2, 0.25) is 0 Å². The van der Waals surface area contributed by atoms with Gasteiger partial charge in [0.15, 0.2) is 0 Å². The Hall–Kier alpha value is -1.39. The summed E-state index contributed by atoms with van der Waals surface area (Å²) >= 11 is 0. The smallest absolute Gasteiger partial charge is 0.313 e. The Morgan fingerprint density at radius 1 is 1.22 bits per heavy atom. The monoisotopic (exact) mass is 318 g/mol. The fraction of sp³-hybridized carbons (Fsp3) is 0.632. The number of hydrogen-bond acceptors (Lipinski definition) is 3. The van der Waals surface area contributed by atoms with Gasteiger partial charge in [-0.1, -0.05) is 30.3 Å². The molecule has 2 heterocycles. The standard InChI is InChI=1S/C19H28NO3/c1-20(2)15-8-9-16(20)13-17(12-15)23-19(22)18(10-11-21)14-6-4-3-5-7-14/h3-7,15-18,21H,8-13H2,1-2H3/q+1. The topological polar surface area (TPSA) is 46.5 Å². The summed E-state index contributed by atoms with van der Waals surface area (Å²) in [6, 6.07) is 10.9. The normalized spacial score (nSPS) is 30.0. The first kappa shape index (κ1) is 16.5. The zero-order valence-corrected chi connectivity index (χ0v) is 14.1. The number of rotatable bonds is 5. The van der Waals surface area contributed by atoms with Crippen LogP contribution in [-0.2, 0) is 9.53 Å². The van der Waals surface area contributed by atoms with Crippen LogP contribution >= 0.6 is 0 Å². The number of nitrogens with zero attached hydrogens (tertiary/aromatic N) is 1. The molecule has 126 valence electrons. The Balaban J connectivity index is 1.66. The van der Waals surface area contributed by atoms with Gasteiger partial charge >= 0.3 is 5.97 Å². The minimum Gasteiger partial charge on any atom is -0.461 e. The van der Waals surface area contributed by atoms with Gasteiger partial charge in [-0.05, 0) is 12.0 Å². The highest BCUT2D eigenvalue weighted by atomic mass is 16.5. The lowest BCUT2D eigenvalue weighted by atomic mass is 9.95. The molecule has 2 bridgehead atoms. The van der Waals surface area contributed by atoms with Crippen LogP contribution in [0.15, 0.2) is 30.3 Å². The largest absolute Gasteiger partial charge is 0.461 e. The van der Waals surface area contributed by atoms with Crippen LogP contribution in [0.1, 0.15) is 43.6 Å². The second-order valence-corrected chi connectivity index (χ2v) is 7.52. The lowest BCUT2D eigenvalue weighted by Gasteiger charge is -2.44. The molecule has 2 aliphatic heterocycles. The Bertz CT molecular complexity index is 527. The number of carbonyl (C=O) groups is 1. The van der Waals surface area contributed by atoms with Crippen molar-refractivity contribution in [1.29, 1.82) is 0 Å². The fourth-order valence-corrected chi connectivity index (χ4v) is 4.41. The van der Waals surface area contributed by atoms with Gasteiger partial charge in [-0.3, -0.25) is 4.79 Å². The number of aliphatic hydroxyl groups is 1. The highest BCUT2D eigenvalue weighted by Crippen LogP contribution is 2.41. The Labute approximate surface area is 138 Å². The molecular weight excluding hydrogens is 290 g/mol. The van der Waals surface area contributed by atoms with E-state index in [0.717, 1.165) is 22.9 Å². The minimum absolute atomic E-state index is 0.00546. The van der Waals surface area contributed by atoms with Crippen LogP contribution in [0.4, 0.5) is 0 Å². The van der Waals surface area contributed by atoms with Gasteiger partial charge in [0.25, 0.3) is 0 Å². The first-order valence-corrected chi connectivity index (χ1v) is 8.72. The predicted octanol–water partition coefficient (Wildman–Crippen LogP) is 2.47. The van der Waals surface area contributed by atoms with Crippen molar-refractivity contribution in [2.45, 2.75) is 56.2 Å². The quantitative estimate of drug-likeness (QED) is 0.670. The molecule has 3 atom stereocenters. The molecule has 1 aromatic rings. The van der Waals surface area contributed by atoms with Gasteiger partial charge in [-0.15, -0.1) is 0 Å². The van der Waals surface area contributed by atoms with Gasteiger partial charge in [0.05, 0.1) is 32.1 Å². The number of benzene rings is 1. The SMILES string of the molecule is C[N+]1(C)C2CCC1CC(OC(=O)C(CCO)c1ccccc1)C2. The van der Waals surface area contributed by atoms with Crippen molar-refractivity contribution in [3.8, 4) is 0 Å². The maximum absolute atomic E-state index is 12.7. The summed E-state index contributed by atoms with van der Waals surface area (Å²) in [6.45, 7) is -0.00546. The van der Waals surface area contributed by atoms with Crippen molar-refractivity contribution in [2.24, 2.45) is 0 Å². The van der Waals surface area contributed by atoms with Crippen molar-refractivity contribution in [1.82, 2.24) is 0 Å². The highest BCUT2D eigenvalue weighted by Gasteiger charge is 2.50. The third kappa shape index (κ3) is 3.29. The van der Waals surface area contributed by atoms with E-state index in [4.69, 9.17) is 4.74 Å². The van der Waals surface area contributed by atoms with E-state index in [2.05, 4.69) is 14.1 Å². The number of ether oxygens (including phenoxy) is 1. The number of piperidine rings is 1. The van der Waals surface area contributed by atoms with Crippen LogP contribution in [0, 0.1) is 0 Å². The lowest BCUT2D eigenvalue weighted by Crippen LogP contribution is -2.56. The molecule has 2 aliphatic rings. The summed E-state index contributed by atoms with van der Waals surface area (Å²) in [6.07, 6.45) is 4.88. The van der Waals surface area contributed by atoms with Crippen molar-refractivity contribution >= 4 is 5.97 Å². The van der Waals surface area contributed by atoms with E-state index in [-0.39, 0.29) is 24.6 Å². The van der Waals surface area contributed by atoms with Crippen LogP contribution in [0.3, 0.4) is 0 Å². The van der Waals surface area contributed by atoms with E-state index in [1.165, 1.54) is 12.8 Å². The van der Waals surface area contributed by atoms with Gasteiger partial charge in [0.2, 0.25) is 0 Å². The van der Waals surface area contributed by atoms with Crippen LogP contribution < -0.4 is 0 Å². The lowest BCUT2D eigenvalue weighted by molar-refractivity contribution is -0.931. The van der Waals surface area contributed by atoms with Crippen molar-refractivity contribution < 1.29 is 19.1 Å². The molecule has 0 aromatic heterocycles. The summed E-state index contributed by atoms with van der Waals surface area (Å²) < 4.78 is 6.95. The van der Waals surface area contributed by atoms with E-state index in [1.807, 2.05) is 30.3 Å². The molecule has 0 amide bonds. The van der Waals surface area contributed by atoms with Gasteiger partial charge in [0.1, 0.15) is 6.10 Å². The Morgan fingerprint density at radius 3 is 2.39 bits per heavy atom. The van der Waals surface area contributed by atoms with E-state index >= 15 is 0 Å². The average Bonchev–Trinajstić information content (AvgIpc) is 2.71. The van der Waals surface area contributed by atoms with E-state index in [0.29, 0.717) is 18.5 Å². The Kier molecular flexibility index (Phi) is 4.74. The molecule has 2 saturated heterocycles. The second kappa shape index (κ2) is 6.62. The maximum Gasteiger partial charge on any atom is 0.313 e. The first-order chi connectivity index (χ1) is 11.0. The number of fused-ring (bicyclic) bond motifs is 2. The summed E-state index contributed by atoms with van der Waals surface area (Å²) in [7, 11) is 4.61. The molecule has 0 aliphatic carbocycles. The molecule has 1 N–H and O–H groups in total. The van der Waals surface area contributed by atoms with E-state index in [1.54, 1.807) is 0 Å². The second-order valence-electron chi connectivity index (χ2n) is 7.52. The summed E-state index contributed by atoms with van der Waals surface area (Å²) in [5.74, 6) is -0.537. The molecule has 3 rings (SSSR count). The van der Waals surface area contributed by atoms with E-state index in [9.17, 15) is 9.90 Å². The van der Waals surface area contributed by atoms with Crippen LogP contribution in [0.25, 0.3) is 0 Å². The molecule has 2 fully saturated rings. The van der Waals surface area contributed by atoms with Crippen LogP contribution in [-0.4, -0.2) is 54.4 Å². The predicted molar refractivity (Wildman–Crippen MR) is 88.9 cm³/mol. The minimum atomic E-state index is -0.358. The molecule has 4 nitrogen and oxygen atoms in total. The van der Waals surface area contributed by atoms with Gasteiger partial charge in [-0.2, -0.15) is 0 Å². The third-order valence-electron chi connectivity index (χ3n) is 5.97. The zero-order chi connectivity index (χ0) is 16.4. The van der Waals surface area contributed by atoms with Gasteiger partial charge in [0, 0.05) is 32.3 Å². The molecule has 23 heavy (non-hydrogen) atoms. The van der Waals surface area contributed by atoms with Gasteiger partial charge in [-0.25, -0.2) is 0 Å². The maximum atomic E-state index is 12.7. The fourth-order valence-electron chi connectivity index (χ4n) is 4.41. The average molecular weight is 318 g/mol. The zero-order valence-electron chi connectivity index (χ0n) is 14.1. The highest BCUT2D eigenvalue weighted by molar-refractivity contribution is 5.78. The summed E-state index contributed by atoms with van der Waals surface area (Å²) in [5.41, 5.74) is 0.932. The number of carbonyl (C=O) groups excluding carboxylic acids is 1. The van der Waals surface area contributed by atoms with E-state index < -0.39 is 0 Å². The third-order valence-corrected chi connectivity index (χ3v) is 5.97. The van der Waals surface area contributed by atoms with Crippen molar-refractivity contribution in [3.05, 3.63) is 35.9 Å². The molecule has 0 spiro atoms. The molecule has 0 saturated carbocycles. The molecule has 3 unspecified atom stereocenters. The molecule has 1 aromatic carbocycles. The molecule has 4 heteroatoms. The number of quaternary nitrogens is 1. The Morgan fingerprint density at radius 2 is 1.83 bits per heavy atom. The van der Waals surface area contributed by atoms with Gasteiger partial charge < -0.3 is 14.3 Å².